The van der Waals surface area contributed by atoms with E-state index in [0.29, 0.717) is 10.9 Å². The number of fused-ring (bicyclic) bond motifs is 1. The Balaban J connectivity index is 1.60. The van der Waals surface area contributed by atoms with Crippen LogP contribution in [0.15, 0.2) is 18.6 Å². The number of pyridine rings is 1. The van der Waals surface area contributed by atoms with Crippen LogP contribution in [0.2, 0.25) is 10.0 Å². The number of piperidine rings is 1. The summed E-state index contributed by atoms with van der Waals surface area (Å²) in [6.45, 7) is 3.02. The smallest absolute Gasteiger partial charge is 0.139 e. The van der Waals surface area contributed by atoms with Gasteiger partial charge in [-0.25, -0.2) is 4.98 Å². The van der Waals surface area contributed by atoms with E-state index in [1.807, 2.05) is 10.9 Å². The number of nitrogens with zero attached hydrogens (tertiary/aromatic N) is 3. The van der Waals surface area contributed by atoms with Gasteiger partial charge >= 0.3 is 0 Å². The van der Waals surface area contributed by atoms with Gasteiger partial charge in [0.05, 0.1) is 16.2 Å². The maximum atomic E-state index is 6.84. The van der Waals surface area contributed by atoms with E-state index in [4.69, 9.17) is 23.2 Å². The van der Waals surface area contributed by atoms with Gasteiger partial charge in [-0.1, -0.05) is 23.2 Å². The Labute approximate surface area is 162 Å². The highest BCUT2D eigenvalue weighted by molar-refractivity contribution is 6.40. The first kappa shape index (κ1) is 16.6. The second-order valence-electron chi connectivity index (χ2n) is 7.48. The van der Waals surface area contributed by atoms with Crippen LogP contribution >= 0.6 is 23.2 Å². The molecule has 3 aromatic heterocycles. The Bertz CT molecular complexity index is 950. The first-order valence-corrected chi connectivity index (χ1v) is 10.1. The molecule has 4 heterocycles. The lowest BCUT2D eigenvalue weighted by molar-refractivity contribution is 0.455. The van der Waals surface area contributed by atoms with Gasteiger partial charge in [-0.05, 0) is 44.7 Å². The van der Waals surface area contributed by atoms with Gasteiger partial charge in [0, 0.05) is 47.1 Å². The highest BCUT2D eigenvalue weighted by Gasteiger charge is 2.26. The van der Waals surface area contributed by atoms with Gasteiger partial charge in [0.15, 0.2) is 0 Å². The van der Waals surface area contributed by atoms with Crippen LogP contribution in [0, 0.1) is 5.92 Å². The third kappa shape index (κ3) is 2.92. The van der Waals surface area contributed by atoms with Crippen molar-refractivity contribution in [3.8, 4) is 11.1 Å². The molecule has 3 aromatic rings. The molecule has 136 valence electrons. The number of halogens is 2. The molecular weight excluding hydrogens is 369 g/mol. The molecule has 2 N–H and O–H groups in total. The second kappa shape index (κ2) is 6.55. The van der Waals surface area contributed by atoms with Crippen molar-refractivity contribution in [1.29, 1.82) is 0 Å². The van der Waals surface area contributed by atoms with E-state index < -0.39 is 0 Å². The summed E-state index contributed by atoms with van der Waals surface area (Å²) < 4.78 is 2.02. The summed E-state index contributed by atoms with van der Waals surface area (Å²) >= 11 is 13.4. The molecule has 0 bridgehead atoms. The van der Waals surface area contributed by atoms with E-state index in [-0.39, 0.29) is 0 Å². The van der Waals surface area contributed by atoms with E-state index in [9.17, 15) is 0 Å². The van der Waals surface area contributed by atoms with Crippen LogP contribution < -0.4 is 5.32 Å². The van der Waals surface area contributed by atoms with Crippen LogP contribution in [0.3, 0.4) is 0 Å². The van der Waals surface area contributed by atoms with E-state index in [2.05, 4.69) is 26.6 Å². The molecule has 2 aliphatic rings. The quantitative estimate of drug-likeness (QED) is 0.684. The van der Waals surface area contributed by atoms with Gasteiger partial charge in [-0.3, -0.25) is 4.68 Å². The Hall–Kier alpha value is -1.56. The Morgan fingerprint density at radius 1 is 1.12 bits per heavy atom. The second-order valence-corrected chi connectivity index (χ2v) is 8.26. The Kier molecular flexibility index (Phi) is 4.18. The van der Waals surface area contributed by atoms with Crippen LogP contribution in [-0.4, -0.2) is 32.8 Å². The summed E-state index contributed by atoms with van der Waals surface area (Å²) in [6.07, 6.45) is 10.4. The van der Waals surface area contributed by atoms with Crippen molar-refractivity contribution >= 4 is 34.2 Å². The Morgan fingerprint density at radius 2 is 1.92 bits per heavy atom. The summed E-state index contributed by atoms with van der Waals surface area (Å²) in [7, 11) is 0. The first-order chi connectivity index (χ1) is 12.7. The summed E-state index contributed by atoms with van der Waals surface area (Å²) in [5, 5.41) is 10.2. The molecule has 5 rings (SSSR count). The molecule has 0 amide bonds. The number of aromatic nitrogens is 4. The molecule has 0 aromatic carbocycles. The summed E-state index contributed by atoms with van der Waals surface area (Å²) in [5.41, 5.74) is 3.82. The van der Waals surface area contributed by atoms with Crippen molar-refractivity contribution in [2.75, 3.05) is 13.1 Å². The van der Waals surface area contributed by atoms with Crippen molar-refractivity contribution in [3.05, 3.63) is 34.3 Å². The molecule has 5 nitrogen and oxygen atoms in total. The number of rotatable bonds is 4. The minimum atomic E-state index is 0.433. The van der Waals surface area contributed by atoms with Crippen molar-refractivity contribution in [2.24, 2.45) is 5.92 Å². The molecule has 0 spiro atoms. The third-order valence-corrected chi connectivity index (χ3v) is 6.23. The minimum Gasteiger partial charge on any atom is -0.342 e. The molecule has 1 aliphatic heterocycles. The largest absolute Gasteiger partial charge is 0.342 e. The summed E-state index contributed by atoms with van der Waals surface area (Å²) in [4.78, 5) is 7.96. The molecule has 0 radical (unpaired) electrons. The lowest BCUT2D eigenvalue weighted by Crippen LogP contribution is -2.26. The zero-order valence-corrected chi connectivity index (χ0v) is 15.9. The highest BCUT2D eigenvalue weighted by Crippen LogP contribution is 2.42. The molecule has 1 saturated carbocycles. The Morgan fingerprint density at radius 3 is 2.69 bits per heavy atom. The van der Waals surface area contributed by atoms with Gasteiger partial charge in [-0.15, -0.1) is 0 Å². The van der Waals surface area contributed by atoms with E-state index in [0.717, 1.165) is 71.3 Å². The third-order valence-electron chi connectivity index (χ3n) is 5.55. The van der Waals surface area contributed by atoms with Crippen molar-refractivity contribution in [3.63, 3.8) is 0 Å². The molecule has 0 atom stereocenters. The lowest BCUT2D eigenvalue weighted by atomic mass is 9.94. The van der Waals surface area contributed by atoms with Crippen molar-refractivity contribution < 1.29 is 0 Å². The SMILES string of the molecule is Clc1cnc2[nH]c(C3CCNCC3)c(Cl)c2c1-c1cnn(CC2CC2)c1. The summed E-state index contributed by atoms with van der Waals surface area (Å²) in [5.74, 6) is 1.21. The van der Waals surface area contributed by atoms with E-state index in [1.165, 1.54) is 12.8 Å². The highest BCUT2D eigenvalue weighted by atomic mass is 35.5. The predicted molar refractivity (Wildman–Crippen MR) is 105 cm³/mol. The fourth-order valence-corrected chi connectivity index (χ4v) is 4.58. The molecule has 0 unspecified atom stereocenters. The first-order valence-electron chi connectivity index (χ1n) is 9.30. The fraction of sp³-hybridized carbons (Fsp3) is 0.474. The van der Waals surface area contributed by atoms with Crippen LogP contribution in [0.25, 0.3) is 22.2 Å². The molecule has 1 aliphatic carbocycles. The van der Waals surface area contributed by atoms with Crippen molar-refractivity contribution in [1.82, 2.24) is 25.1 Å². The number of hydrogen-bond donors (Lipinski definition) is 2. The van der Waals surface area contributed by atoms with Gasteiger partial charge in [0.2, 0.25) is 0 Å². The zero-order chi connectivity index (χ0) is 17.7. The molecular formula is C19H21Cl2N5. The maximum absolute atomic E-state index is 6.84. The summed E-state index contributed by atoms with van der Waals surface area (Å²) in [6, 6.07) is 0. The van der Waals surface area contributed by atoms with E-state index >= 15 is 0 Å². The van der Waals surface area contributed by atoms with Crippen LogP contribution in [0.4, 0.5) is 0 Å². The number of nitrogens with one attached hydrogen (secondary N) is 2. The van der Waals surface area contributed by atoms with Gasteiger partial charge in [0.1, 0.15) is 5.65 Å². The fourth-order valence-electron chi connectivity index (χ4n) is 3.95. The average molecular weight is 390 g/mol. The topological polar surface area (TPSA) is 58.5 Å². The average Bonchev–Trinajstić information content (AvgIpc) is 3.25. The number of H-pyrrole nitrogens is 1. The van der Waals surface area contributed by atoms with Gasteiger partial charge in [-0.2, -0.15) is 5.10 Å². The zero-order valence-electron chi connectivity index (χ0n) is 14.4. The number of aromatic amines is 1. The van der Waals surface area contributed by atoms with Crippen LogP contribution in [0.1, 0.15) is 37.3 Å². The maximum Gasteiger partial charge on any atom is 0.139 e. The van der Waals surface area contributed by atoms with Gasteiger partial charge < -0.3 is 10.3 Å². The normalized spacial score (nSPS) is 18.7. The number of hydrogen-bond acceptors (Lipinski definition) is 3. The van der Waals surface area contributed by atoms with Crippen molar-refractivity contribution in [2.45, 2.75) is 38.1 Å². The monoisotopic (exact) mass is 389 g/mol. The molecule has 26 heavy (non-hydrogen) atoms. The van der Waals surface area contributed by atoms with Crippen LogP contribution in [-0.2, 0) is 6.54 Å². The molecule has 7 heteroatoms. The van der Waals surface area contributed by atoms with Crippen LogP contribution in [0.5, 0.6) is 0 Å². The lowest BCUT2D eigenvalue weighted by Gasteiger charge is -2.21. The predicted octanol–water partition coefficient (Wildman–Crippen LogP) is 4.61. The minimum absolute atomic E-state index is 0.433. The molecule has 2 fully saturated rings. The van der Waals surface area contributed by atoms with Gasteiger partial charge in [0.25, 0.3) is 0 Å². The van der Waals surface area contributed by atoms with E-state index in [1.54, 1.807) is 6.20 Å². The molecule has 1 saturated heterocycles. The standard InChI is InChI=1S/C19H21Cl2N5/c20-14-8-23-19-16(17(21)18(25-19)12-3-5-22-6-4-12)15(14)13-7-24-26(10-13)9-11-1-2-11/h7-8,10-12,22H,1-6,9H2,(H,23,25).